The average molecular weight is 238 g/mol. The second kappa shape index (κ2) is 4.00. The lowest BCUT2D eigenvalue weighted by molar-refractivity contribution is 0.112. The van der Waals surface area contributed by atoms with Gasteiger partial charge in [-0.05, 0) is 30.3 Å². The molecule has 4 heteroatoms. The number of aromatic nitrogens is 2. The first-order valence-corrected chi connectivity index (χ1v) is 5.51. The Morgan fingerprint density at radius 1 is 1.11 bits per heavy atom. The number of carbonyl (C=O) groups excluding carboxylic acids is 1. The first kappa shape index (κ1) is 10.5. The number of aromatic amines is 1. The summed E-state index contributed by atoms with van der Waals surface area (Å²) in [7, 11) is 0. The van der Waals surface area contributed by atoms with Crippen LogP contribution in [0.4, 0.5) is 0 Å². The largest absolute Gasteiger partial charge is 0.508 e. The van der Waals surface area contributed by atoms with Gasteiger partial charge in [-0.1, -0.05) is 12.1 Å². The van der Waals surface area contributed by atoms with Crippen molar-refractivity contribution in [2.45, 2.75) is 0 Å². The number of nitrogens with one attached hydrogen (secondary N) is 1. The molecule has 0 bridgehead atoms. The van der Waals surface area contributed by atoms with Crippen LogP contribution in [-0.2, 0) is 0 Å². The van der Waals surface area contributed by atoms with Crippen molar-refractivity contribution < 1.29 is 9.90 Å². The van der Waals surface area contributed by atoms with Crippen molar-refractivity contribution in [1.82, 2.24) is 10.2 Å². The minimum absolute atomic E-state index is 0.203. The van der Waals surface area contributed by atoms with Gasteiger partial charge in [0.15, 0.2) is 6.29 Å². The Labute approximate surface area is 103 Å². The Morgan fingerprint density at radius 3 is 2.61 bits per heavy atom. The number of rotatable bonds is 2. The van der Waals surface area contributed by atoms with Crippen molar-refractivity contribution in [3.8, 4) is 17.0 Å². The summed E-state index contributed by atoms with van der Waals surface area (Å²) in [6.45, 7) is 0. The molecule has 0 atom stereocenters. The van der Waals surface area contributed by atoms with Gasteiger partial charge in [0.25, 0.3) is 0 Å². The highest BCUT2D eigenvalue weighted by atomic mass is 16.3. The highest BCUT2D eigenvalue weighted by Crippen LogP contribution is 2.29. The van der Waals surface area contributed by atoms with Crippen LogP contribution >= 0.6 is 0 Å². The van der Waals surface area contributed by atoms with Crippen LogP contribution in [0, 0.1) is 0 Å². The third kappa shape index (κ3) is 1.55. The van der Waals surface area contributed by atoms with Gasteiger partial charge < -0.3 is 5.11 Å². The lowest BCUT2D eigenvalue weighted by atomic mass is 10.0. The number of H-pyrrole nitrogens is 1. The van der Waals surface area contributed by atoms with Crippen LogP contribution < -0.4 is 0 Å². The predicted molar refractivity (Wildman–Crippen MR) is 68.6 cm³/mol. The summed E-state index contributed by atoms with van der Waals surface area (Å²) in [6.07, 6.45) is 0.821. The van der Waals surface area contributed by atoms with Gasteiger partial charge in [-0.15, -0.1) is 0 Å². The van der Waals surface area contributed by atoms with Gasteiger partial charge in [-0.2, -0.15) is 5.10 Å². The SMILES string of the molecule is O=Cc1cccc2[nH]nc(-c3ccc(O)cc3)c12. The van der Waals surface area contributed by atoms with Crippen molar-refractivity contribution in [1.29, 1.82) is 0 Å². The van der Waals surface area contributed by atoms with E-state index in [1.54, 1.807) is 30.3 Å². The van der Waals surface area contributed by atoms with Gasteiger partial charge in [0.1, 0.15) is 11.4 Å². The molecule has 3 rings (SSSR count). The molecule has 0 aliphatic rings. The number of hydrogen-bond acceptors (Lipinski definition) is 3. The number of nitrogens with zero attached hydrogens (tertiary/aromatic N) is 1. The second-order valence-corrected chi connectivity index (χ2v) is 4.01. The van der Waals surface area contributed by atoms with E-state index in [1.807, 2.05) is 12.1 Å². The molecule has 0 saturated carbocycles. The molecular weight excluding hydrogens is 228 g/mol. The van der Waals surface area contributed by atoms with E-state index in [-0.39, 0.29) is 5.75 Å². The van der Waals surface area contributed by atoms with Crippen molar-refractivity contribution in [2.24, 2.45) is 0 Å². The molecule has 0 spiro atoms. The summed E-state index contributed by atoms with van der Waals surface area (Å²) >= 11 is 0. The van der Waals surface area contributed by atoms with Crippen molar-refractivity contribution in [3.05, 3.63) is 48.0 Å². The zero-order valence-electron chi connectivity index (χ0n) is 9.42. The minimum atomic E-state index is 0.203. The van der Waals surface area contributed by atoms with Gasteiger partial charge in [0, 0.05) is 16.5 Å². The Kier molecular flexibility index (Phi) is 2.34. The van der Waals surface area contributed by atoms with Gasteiger partial charge in [-0.25, -0.2) is 0 Å². The summed E-state index contributed by atoms with van der Waals surface area (Å²) in [5, 5.41) is 17.2. The molecule has 88 valence electrons. The number of fused-ring (bicyclic) bond motifs is 1. The normalized spacial score (nSPS) is 10.7. The van der Waals surface area contributed by atoms with Gasteiger partial charge >= 0.3 is 0 Å². The van der Waals surface area contributed by atoms with E-state index in [0.717, 1.165) is 22.8 Å². The zero-order chi connectivity index (χ0) is 12.5. The maximum atomic E-state index is 11.1. The summed E-state index contributed by atoms with van der Waals surface area (Å²) < 4.78 is 0. The summed E-state index contributed by atoms with van der Waals surface area (Å²) in [5.74, 6) is 0.203. The van der Waals surface area contributed by atoms with E-state index in [2.05, 4.69) is 10.2 Å². The molecule has 0 saturated heterocycles. The van der Waals surface area contributed by atoms with Crippen LogP contribution in [0.3, 0.4) is 0 Å². The number of carbonyl (C=O) groups is 1. The standard InChI is InChI=1S/C14H10N2O2/c17-8-10-2-1-3-12-13(10)14(16-15-12)9-4-6-11(18)7-5-9/h1-8,18H,(H,15,16). The monoisotopic (exact) mass is 238 g/mol. The number of aldehydes is 1. The van der Waals surface area contributed by atoms with Crippen molar-refractivity contribution in [3.63, 3.8) is 0 Å². The molecule has 0 fully saturated rings. The molecule has 2 aromatic carbocycles. The van der Waals surface area contributed by atoms with E-state index < -0.39 is 0 Å². The fourth-order valence-corrected chi connectivity index (χ4v) is 2.03. The summed E-state index contributed by atoms with van der Waals surface area (Å²) in [4.78, 5) is 11.1. The van der Waals surface area contributed by atoms with Crippen molar-refractivity contribution >= 4 is 17.2 Å². The molecule has 0 aliphatic carbocycles. The van der Waals surface area contributed by atoms with E-state index in [0.29, 0.717) is 11.3 Å². The summed E-state index contributed by atoms with van der Waals surface area (Å²) in [6, 6.07) is 12.2. The van der Waals surface area contributed by atoms with Crippen LogP contribution in [0.2, 0.25) is 0 Å². The Balaban J connectivity index is 2.29. The van der Waals surface area contributed by atoms with Crippen LogP contribution in [-0.4, -0.2) is 21.6 Å². The average Bonchev–Trinajstić information content (AvgIpc) is 2.83. The predicted octanol–water partition coefficient (Wildman–Crippen LogP) is 2.75. The Bertz CT molecular complexity index is 714. The molecule has 0 radical (unpaired) electrons. The van der Waals surface area contributed by atoms with Crippen molar-refractivity contribution in [2.75, 3.05) is 0 Å². The third-order valence-corrected chi connectivity index (χ3v) is 2.89. The maximum absolute atomic E-state index is 11.1. The topological polar surface area (TPSA) is 66.0 Å². The first-order chi connectivity index (χ1) is 8.79. The number of phenols is 1. The lowest BCUT2D eigenvalue weighted by Gasteiger charge is -2.00. The highest BCUT2D eigenvalue weighted by Gasteiger charge is 2.11. The van der Waals surface area contributed by atoms with E-state index in [9.17, 15) is 9.90 Å². The lowest BCUT2D eigenvalue weighted by Crippen LogP contribution is -1.84. The fourth-order valence-electron chi connectivity index (χ4n) is 2.03. The van der Waals surface area contributed by atoms with E-state index >= 15 is 0 Å². The molecule has 18 heavy (non-hydrogen) atoms. The Morgan fingerprint density at radius 2 is 1.89 bits per heavy atom. The van der Waals surface area contributed by atoms with Gasteiger partial charge in [-0.3, -0.25) is 9.89 Å². The number of hydrogen-bond donors (Lipinski definition) is 2. The van der Waals surface area contributed by atoms with Crippen LogP contribution in [0.1, 0.15) is 10.4 Å². The highest BCUT2D eigenvalue weighted by molar-refractivity contribution is 6.04. The molecule has 4 nitrogen and oxygen atoms in total. The Hall–Kier alpha value is -2.62. The van der Waals surface area contributed by atoms with Crippen LogP contribution in [0.15, 0.2) is 42.5 Å². The molecule has 3 aromatic rings. The quantitative estimate of drug-likeness (QED) is 0.674. The second-order valence-electron chi connectivity index (χ2n) is 4.01. The minimum Gasteiger partial charge on any atom is -0.508 e. The molecule has 1 aromatic heterocycles. The van der Waals surface area contributed by atoms with Gasteiger partial charge in [0.05, 0.1) is 5.52 Å². The molecular formula is C14H10N2O2. The molecule has 0 amide bonds. The fraction of sp³-hybridized carbons (Fsp3) is 0. The molecule has 0 aliphatic heterocycles. The molecule has 1 heterocycles. The van der Waals surface area contributed by atoms with E-state index in [1.165, 1.54) is 0 Å². The smallest absolute Gasteiger partial charge is 0.150 e. The van der Waals surface area contributed by atoms with Crippen LogP contribution in [0.5, 0.6) is 5.75 Å². The number of phenolic OH excluding ortho intramolecular Hbond substituents is 1. The third-order valence-electron chi connectivity index (χ3n) is 2.89. The number of benzene rings is 2. The first-order valence-electron chi connectivity index (χ1n) is 5.51. The molecule has 0 unspecified atom stereocenters. The maximum Gasteiger partial charge on any atom is 0.150 e. The van der Waals surface area contributed by atoms with E-state index in [4.69, 9.17) is 0 Å². The van der Waals surface area contributed by atoms with Crippen LogP contribution in [0.25, 0.3) is 22.2 Å². The zero-order valence-corrected chi connectivity index (χ0v) is 9.42. The summed E-state index contributed by atoms with van der Waals surface area (Å²) in [5.41, 5.74) is 2.99. The number of aromatic hydroxyl groups is 1. The van der Waals surface area contributed by atoms with Gasteiger partial charge in [0.2, 0.25) is 0 Å². The molecule has 2 N–H and O–H groups in total.